The van der Waals surface area contributed by atoms with Crippen molar-refractivity contribution in [2.24, 2.45) is 0 Å². The van der Waals surface area contributed by atoms with Crippen LogP contribution in [0.25, 0.3) is 0 Å². The van der Waals surface area contributed by atoms with Gasteiger partial charge in [0.05, 0.1) is 5.92 Å². The van der Waals surface area contributed by atoms with Gasteiger partial charge in [0.2, 0.25) is 11.8 Å². The van der Waals surface area contributed by atoms with E-state index in [-0.39, 0.29) is 35.7 Å². The average molecular weight is 401 g/mol. The Morgan fingerprint density at radius 1 is 1.21 bits per heavy atom. The number of halogens is 2. The zero-order valence-electron chi connectivity index (χ0n) is 14.4. The van der Waals surface area contributed by atoms with Crippen LogP contribution in [0.5, 0.6) is 0 Å². The molecule has 142 valence electrons. The summed E-state index contributed by atoms with van der Waals surface area (Å²) in [5, 5.41) is 10.7. The van der Waals surface area contributed by atoms with Gasteiger partial charge in [-0.1, -0.05) is 22.8 Å². The largest absolute Gasteiger partial charge is 0.407 e. The first kappa shape index (κ1) is 18.1. The molecule has 2 aromatic carbocycles. The van der Waals surface area contributed by atoms with E-state index in [1.165, 1.54) is 18.2 Å². The quantitative estimate of drug-likeness (QED) is 0.722. The van der Waals surface area contributed by atoms with Crippen molar-refractivity contribution in [1.29, 1.82) is 0 Å². The van der Waals surface area contributed by atoms with Crippen molar-refractivity contribution in [2.45, 2.75) is 12.3 Å². The SMILES string of the molecule is O=C(Nc1nnc([C@H]2CC(=O)N(c3ccc(Cl)cc3)C2)o1)c1cccc(F)c1. The molecular weight excluding hydrogens is 387 g/mol. The number of hydrogen-bond acceptors (Lipinski definition) is 5. The highest BCUT2D eigenvalue weighted by atomic mass is 35.5. The van der Waals surface area contributed by atoms with Crippen LogP contribution in [0.4, 0.5) is 16.1 Å². The summed E-state index contributed by atoms with van der Waals surface area (Å²) in [5.41, 5.74) is 0.862. The van der Waals surface area contributed by atoms with Crippen LogP contribution >= 0.6 is 11.6 Å². The first-order valence-corrected chi connectivity index (χ1v) is 8.83. The van der Waals surface area contributed by atoms with E-state index in [1.54, 1.807) is 29.2 Å². The molecular formula is C19H14ClFN4O3. The van der Waals surface area contributed by atoms with E-state index in [2.05, 4.69) is 15.5 Å². The van der Waals surface area contributed by atoms with E-state index >= 15 is 0 Å². The molecule has 1 aliphatic heterocycles. The van der Waals surface area contributed by atoms with Crippen molar-refractivity contribution < 1.29 is 18.4 Å². The van der Waals surface area contributed by atoms with Crippen LogP contribution in [-0.2, 0) is 4.79 Å². The number of anilines is 2. The Balaban J connectivity index is 1.45. The van der Waals surface area contributed by atoms with Gasteiger partial charge >= 0.3 is 6.01 Å². The van der Waals surface area contributed by atoms with E-state index in [1.807, 2.05) is 0 Å². The monoisotopic (exact) mass is 400 g/mol. The fourth-order valence-corrected chi connectivity index (χ4v) is 3.12. The lowest BCUT2D eigenvalue weighted by Gasteiger charge is -2.15. The van der Waals surface area contributed by atoms with Gasteiger partial charge in [-0.15, -0.1) is 5.10 Å². The minimum absolute atomic E-state index is 0.0733. The van der Waals surface area contributed by atoms with Gasteiger partial charge in [-0.25, -0.2) is 4.39 Å². The Hall–Kier alpha value is -3.26. The van der Waals surface area contributed by atoms with Gasteiger partial charge in [-0.2, -0.15) is 0 Å². The highest BCUT2D eigenvalue weighted by Gasteiger charge is 2.35. The molecule has 2 amide bonds. The van der Waals surface area contributed by atoms with Gasteiger partial charge in [0.1, 0.15) is 5.82 Å². The van der Waals surface area contributed by atoms with Crippen molar-refractivity contribution in [3.05, 3.63) is 70.8 Å². The third kappa shape index (κ3) is 3.72. The molecule has 3 aromatic rings. The van der Waals surface area contributed by atoms with E-state index in [0.717, 1.165) is 11.8 Å². The summed E-state index contributed by atoms with van der Waals surface area (Å²) in [6.07, 6.45) is 0.210. The van der Waals surface area contributed by atoms with Gasteiger partial charge < -0.3 is 9.32 Å². The summed E-state index contributed by atoms with van der Waals surface area (Å²) < 4.78 is 18.7. The van der Waals surface area contributed by atoms with E-state index in [9.17, 15) is 14.0 Å². The lowest BCUT2D eigenvalue weighted by molar-refractivity contribution is -0.117. The number of amides is 2. The normalized spacial score (nSPS) is 16.4. The van der Waals surface area contributed by atoms with E-state index in [0.29, 0.717) is 11.6 Å². The van der Waals surface area contributed by atoms with Gasteiger partial charge in [-0.05, 0) is 42.5 Å². The first-order valence-electron chi connectivity index (χ1n) is 8.46. The lowest BCUT2D eigenvalue weighted by Crippen LogP contribution is -2.24. The predicted molar refractivity (Wildman–Crippen MR) is 99.8 cm³/mol. The fourth-order valence-electron chi connectivity index (χ4n) is 2.99. The van der Waals surface area contributed by atoms with Crippen LogP contribution in [0, 0.1) is 5.82 Å². The Bertz CT molecular complexity index is 1040. The van der Waals surface area contributed by atoms with Gasteiger partial charge in [0, 0.05) is 29.2 Å². The molecule has 2 heterocycles. The maximum Gasteiger partial charge on any atom is 0.322 e. The average Bonchev–Trinajstić information content (AvgIpc) is 3.29. The molecule has 7 nitrogen and oxygen atoms in total. The van der Waals surface area contributed by atoms with Crippen LogP contribution < -0.4 is 10.2 Å². The maximum atomic E-state index is 13.2. The van der Waals surface area contributed by atoms with Crippen molar-refractivity contribution >= 4 is 35.1 Å². The minimum atomic E-state index is -0.569. The second-order valence-corrected chi connectivity index (χ2v) is 6.73. The summed E-state index contributed by atoms with van der Waals surface area (Å²) in [5.74, 6) is -1.21. The smallest absolute Gasteiger partial charge is 0.322 e. The lowest BCUT2D eigenvalue weighted by atomic mass is 10.1. The van der Waals surface area contributed by atoms with Gasteiger partial charge in [0.25, 0.3) is 5.91 Å². The second kappa shape index (κ2) is 7.40. The molecule has 0 unspecified atom stereocenters. The molecule has 28 heavy (non-hydrogen) atoms. The molecule has 9 heteroatoms. The predicted octanol–water partition coefficient (Wildman–Crippen LogP) is 3.63. The Kier molecular flexibility index (Phi) is 4.79. The maximum absolute atomic E-state index is 13.2. The third-order valence-electron chi connectivity index (χ3n) is 4.36. The molecule has 1 aromatic heterocycles. The van der Waals surface area contributed by atoms with Crippen LogP contribution in [0.15, 0.2) is 52.9 Å². The fraction of sp³-hybridized carbons (Fsp3) is 0.158. The van der Waals surface area contributed by atoms with Gasteiger partial charge in [0.15, 0.2) is 0 Å². The van der Waals surface area contributed by atoms with Crippen LogP contribution in [-0.4, -0.2) is 28.6 Å². The Morgan fingerprint density at radius 2 is 2.00 bits per heavy atom. The van der Waals surface area contributed by atoms with Crippen LogP contribution in [0.2, 0.25) is 5.02 Å². The second-order valence-electron chi connectivity index (χ2n) is 6.29. The van der Waals surface area contributed by atoms with E-state index < -0.39 is 11.7 Å². The van der Waals surface area contributed by atoms with E-state index in [4.69, 9.17) is 16.0 Å². The summed E-state index contributed by atoms with van der Waals surface area (Å²) >= 11 is 5.88. The molecule has 0 aliphatic carbocycles. The molecule has 0 spiro atoms. The number of nitrogens with zero attached hydrogens (tertiary/aromatic N) is 3. The number of nitrogens with one attached hydrogen (secondary N) is 1. The van der Waals surface area contributed by atoms with Crippen molar-refractivity contribution in [2.75, 3.05) is 16.8 Å². The number of carbonyl (C=O) groups is 2. The zero-order valence-corrected chi connectivity index (χ0v) is 15.2. The zero-order chi connectivity index (χ0) is 19.7. The molecule has 1 fully saturated rings. The molecule has 0 radical (unpaired) electrons. The number of benzene rings is 2. The molecule has 1 N–H and O–H groups in total. The Morgan fingerprint density at radius 3 is 2.75 bits per heavy atom. The highest BCUT2D eigenvalue weighted by Crippen LogP contribution is 2.32. The van der Waals surface area contributed by atoms with Crippen molar-refractivity contribution in [3.63, 3.8) is 0 Å². The Labute approximate surface area is 164 Å². The molecule has 1 atom stereocenters. The molecule has 1 saturated heterocycles. The van der Waals surface area contributed by atoms with Crippen LogP contribution in [0.1, 0.15) is 28.6 Å². The summed E-state index contributed by atoms with van der Waals surface area (Å²) in [6.45, 7) is 0.375. The highest BCUT2D eigenvalue weighted by molar-refractivity contribution is 6.30. The van der Waals surface area contributed by atoms with Gasteiger partial charge in [-0.3, -0.25) is 14.9 Å². The standard InChI is InChI=1S/C19H14ClFN4O3/c20-13-4-6-15(7-5-13)25-10-12(9-16(25)26)18-23-24-19(28-18)22-17(27)11-2-1-3-14(21)8-11/h1-8,12H,9-10H2,(H,22,24,27)/t12-/m0/s1. The molecule has 4 rings (SSSR count). The topological polar surface area (TPSA) is 88.3 Å². The number of rotatable bonds is 4. The number of carbonyl (C=O) groups excluding carboxylic acids is 2. The summed E-state index contributed by atoms with van der Waals surface area (Å²) in [4.78, 5) is 26.1. The number of hydrogen-bond donors (Lipinski definition) is 1. The third-order valence-corrected chi connectivity index (χ3v) is 4.61. The molecule has 0 saturated carbocycles. The van der Waals surface area contributed by atoms with Crippen molar-refractivity contribution in [1.82, 2.24) is 10.2 Å². The molecule has 1 aliphatic rings. The van der Waals surface area contributed by atoms with Crippen molar-refractivity contribution in [3.8, 4) is 0 Å². The van der Waals surface area contributed by atoms with Crippen LogP contribution in [0.3, 0.4) is 0 Å². The summed E-state index contributed by atoms with van der Waals surface area (Å²) in [6, 6.07) is 12.1. The first-order chi connectivity index (χ1) is 13.5. The summed E-state index contributed by atoms with van der Waals surface area (Å²) in [7, 11) is 0. The molecule has 0 bridgehead atoms. The minimum Gasteiger partial charge on any atom is -0.407 e. The number of aromatic nitrogens is 2.